The molecule has 2 aromatic rings. The highest BCUT2D eigenvalue weighted by molar-refractivity contribution is 6.02. The van der Waals surface area contributed by atoms with Crippen LogP contribution in [0, 0.1) is 0 Å². The summed E-state index contributed by atoms with van der Waals surface area (Å²) in [6.45, 7) is 0.759. The fraction of sp³-hybridized carbons (Fsp3) is 0.381. The molecule has 1 aromatic carbocycles. The Bertz CT molecular complexity index is 887. The van der Waals surface area contributed by atoms with Gasteiger partial charge < -0.3 is 24.4 Å². The minimum Gasteiger partial charge on any atom is -0.493 e. The van der Waals surface area contributed by atoms with Crippen molar-refractivity contribution in [2.45, 2.75) is 12.0 Å². The van der Waals surface area contributed by atoms with E-state index in [1.54, 1.807) is 49.7 Å². The summed E-state index contributed by atoms with van der Waals surface area (Å²) < 4.78 is 15.8. The Hall–Kier alpha value is -3.13. The van der Waals surface area contributed by atoms with Crippen molar-refractivity contribution >= 4 is 11.8 Å². The van der Waals surface area contributed by atoms with Crippen LogP contribution in [0.15, 0.2) is 36.7 Å². The van der Waals surface area contributed by atoms with Crippen molar-refractivity contribution < 1.29 is 23.8 Å². The number of nitrogens with one attached hydrogen (secondary N) is 1. The number of pyridine rings is 1. The van der Waals surface area contributed by atoms with Crippen molar-refractivity contribution in [3.63, 3.8) is 0 Å². The number of rotatable bonds is 7. The molecule has 154 valence electrons. The summed E-state index contributed by atoms with van der Waals surface area (Å²) in [5, 5.41) is 2.90. The van der Waals surface area contributed by atoms with Crippen LogP contribution in [0.4, 0.5) is 0 Å². The number of hydrogen-bond donors (Lipinski definition) is 1. The second-order valence-electron chi connectivity index (χ2n) is 6.70. The lowest BCUT2D eigenvalue weighted by Gasteiger charge is -2.39. The molecular weight excluding hydrogens is 374 g/mol. The third kappa shape index (κ3) is 3.88. The molecule has 8 heteroatoms. The van der Waals surface area contributed by atoms with E-state index >= 15 is 0 Å². The Labute approximate surface area is 169 Å². The lowest BCUT2D eigenvalue weighted by molar-refractivity contribution is -0.124. The molecule has 8 nitrogen and oxygen atoms in total. The van der Waals surface area contributed by atoms with E-state index in [1.165, 1.54) is 14.2 Å². The molecule has 0 saturated carbocycles. The Balaban J connectivity index is 2.15. The van der Waals surface area contributed by atoms with Gasteiger partial charge in [0.2, 0.25) is 5.91 Å². The van der Waals surface area contributed by atoms with Crippen LogP contribution in [0.5, 0.6) is 11.5 Å². The van der Waals surface area contributed by atoms with Crippen LogP contribution in [0.2, 0.25) is 0 Å². The third-order valence-corrected chi connectivity index (χ3v) is 5.09. The van der Waals surface area contributed by atoms with E-state index in [0.29, 0.717) is 35.8 Å². The van der Waals surface area contributed by atoms with E-state index < -0.39 is 12.0 Å². The van der Waals surface area contributed by atoms with Crippen LogP contribution >= 0.6 is 0 Å². The van der Waals surface area contributed by atoms with Crippen LogP contribution in [-0.2, 0) is 9.53 Å². The number of amides is 2. The summed E-state index contributed by atoms with van der Waals surface area (Å²) in [6, 6.07) is 6.48. The van der Waals surface area contributed by atoms with Gasteiger partial charge >= 0.3 is 0 Å². The van der Waals surface area contributed by atoms with Gasteiger partial charge in [0, 0.05) is 38.7 Å². The molecule has 0 spiro atoms. The number of carbonyl (C=O) groups excluding carboxylic acids is 2. The second kappa shape index (κ2) is 8.91. The van der Waals surface area contributed by atoms with E-state index in [4.69, 9.17) is 14.2 Å². The molecule has 0 saturated heterocycles. The Morgan fingerprint density at radius 2 is 1.93 bits per heavy atom. The highest BCUT2D eigenvalue weighted by Gasteiger charge is 2.43. The molecule has 1 aliphatic rings. The van der Waals surface area contributed by atoms with E-state index in [0.717, 1.165) is 5.56 Å². The van der Waals surface area contributed by atoms with Gasteiger partial charge in [-0.2, -0.15) is 0 Å². The number of methoxy groups -OCH3 is 3. The number of aromatic nitrogens is 1. The van der Waals surface area contributed by atoms with Crippen LogP contribution in [0.25, 0.3) is 0 Å². The summed E-state index contributed by atoms with van der Waals surface area (Å²) in [6.07, 6.45) is 3.33. The van der Waals surface area contributed by atoms with Gasteiger partial charge in [-0.15, -0.1) is 0 Å². The smallest absolute Gasteiger partial charge is 0.254 e. The number of carbonyl (C=O) groups is 2. The SMILES string of the molecule is COCCNC(=O)[C@H]1c2cc(OC)c(OC)cc2C(=O)N(C)[C@H]1c1cccnc1. The minimum atomic E-state index is -0.645. The molecule has 2 heterocycles. The van der Waals surface area contributed by atoms with Gasteiger partial charge in [-0.3, -0.25) is 14.6 Å². The highest BCUT2D eigenvalue weighted by Crippen LogP contribution is 2.45. The summed E-state index contributed by atoms with van der Waals surface area (Å²) in [5.41, 5.74) is 1.78. The predicted octanol–water partition coefficient (Wildman–Crippen LogP) is 1.77. The molecule has 29 heavy (non-hydrogen) atoms. The zero-order valence-electron chi connectivity index (χ0n) is 17.0. The van der Waals surface area contributed by atoms with Crippen molar-refractivity contribution in [1.29, 1.82) is 0 Å². The summed E-state index contributed by atoms with van der Waals surface area (Å²) in [7, 11) is 6.29. The highest BCUT2D eigenvalue weighted by atomic mass is 16.5. The van der Waals surface area contributed by atoms with Gasteiger partial charge in [-0.25, -0.2) is 0 Å². The Morgan fingerprint density at radius 1 is 1.21 bits per heavy atom. The third-order valence-electron chi connectivity index (χ3n) is 5.09. The predicted molar refractivity (Wildman–Crippen MR) is 106 cm³/mol. The van der Waals surface area contributed by atoms with E-state index in [1.807, 2.05) is 6.07 Å². The molecule has 2 amide bonds. The van der Waals surface area contributed by atoms with E-state index in [9.17, 15) is 9.59 Å². The lowest BCUT2D eigenvalue weighted by atomic mass is 9.79. The van der Waals surface area contributed by atoms with Gasteiger partial charge in [-0.05, 0) is 29.3 Å². The molecule has 0 bridgehead atoms. The molecule has 3 rings (SSSR count). The van der Waals surface area contributed by atoms with Crippen LogP contribution in [-0.4, -0.2) is 63.2 Å². The molecule has 0 aliphatic carbocycles. The average Bonchev–Trinajstić information content (AvgIpc) is 2.75. The van der Waals surface area contributed by atoms with Crippen molar-refractivity contribution in [2.24, 2.45) is 0 Å². The zero-order valence-corrected chi connectivity index (χ0v) is 17.0. The van der Waals surface area contributed by atoms with Gasteiger partial charge in [0.15, 0.2) is 11.5 Å². The second-order valence-corrected chi connectivity index (χ2v) is 6.70. The van der Waals surface area contributed by atoms with Crippen LogP contribution in [0.3, 0.4) is 0 Å². The maximum atomic E-state index is 13.2. The quantitative estimate of drug-likeness (QED) is 0.714. The molecule has 1 N–H and O–H groups in total. The van der Waals surface area contributed by atoms with Crippen LogP contribution in [0.1, 0.15) is 33.4 Å². The zero-order chi connectivity index (χ0) is 21.0. The van der Waals surface area contributed by atoms with Crippen molar-refractivity contribution in [3.05, 3.63) is 53.3 Å². The molecule has 2 atom stereocenters. The molecule has 0 radical (unpaired) electrons. The monoisotopic (exact) mass is 399 g/mol. The molecular formula is C21H25N3O5. The first-order valence-corrected chi connectivity index (χ1v) is 9.23. The molecule has 1 aliphatic heterocycles. The van der Waals surface area contributed by atoms with Gasteiger partial charge in [0.25, 0.3) is 5.91 Å². The number of ether oxygens (including phenoxy) is 3. The number of hydrogen-bond acceptors (Lipinski definition) is 6. The normalized spacial score (nSPS) is 18.2. The summed E-state index contributed by atoms with van der Waals surface area (Å²) in [4.78, 5) is 32.1. The van der Waals surface area contributed by atoms with Crippen molar-refractivity contribution in [3.8, 4) is 11.5 Å². The van der Waals surface area contributed by atoms with E-state index in [2.05, 4.69) is 10.3 Å². The molecule has 0 fully saturated rings. The van der Waals surface area contributed by atoms with Gasteiger partial charge in [0.1, 0.15) is 0 Å². The summed E-state index contributed by atoms with van der Waals surface area (Å²) in [5.74, 6) is -0.150. The first kappa shape index (κ1) is 20.6. The number of fused-ring (bicyclic) bond motifs is 1. The van der Waals surface area contributed by atoms with Crippen molar-refractivity contribution in [1.82, 2.24) is 15.2 Å². The largest absolute Gasteiger partial charge is 0.493 e. The summed E-state index contributed by atoms with van der Waals surface area (Å²) >= 11 is 0. The Morgan fingerprint density at radius 3 is 2.55 bits per heavy atom. The Kier molecular flexibility index (Phi) is 6.33. The number of likely N-dealkylation sites (N-methyl/N-ethyl adjacent to an activating group) is 1. The first-order valence-electron chi connectivity index (χ1n) is 9.23. The number of benzene rings is 1. The topological polar surface area (TPSA) is 90.0 Å². The maximum Gasteiger partial charge on any atom is 0.254 e. The fourth-order valence-corrected chi connectivity index (χ4v) is 3.69. The minimum absolute atomic E-state index is 0.198. The lowest BCUT2D eigenvalue weighted by Crippen LogP contribution is -2.46. The van der Waals surface area contributed by atoms with Crippen molar-refractivity contribution in [2.75, 3.05) is 41.5 Å². The molecule has 0 unspecified atom stereocenters. The molecule has 1 aromatic heterocycles. The van der Waals surface area contributed by atoms with Crippen LogP contribution < -0.4 is 14.8 Å². The number of nitrogens with zero attached hydrogens (tertiary/aromatic N) is 2. The average molecular weight is 399 g/mol. The standard InChI is InChI=1S/C21H25N3O5/c1-24-19(13-6-5-7-22-12-13)18(20(25)23-8-9-27-2)14-10-16(28-3)17(29-4)11-15(14)21(24)26/h5-7,10-12,18-19H,8-9H2,1-4H3,(H,23,25)/t18-,19-/m0/s1. The first-order chi connectivity index (χ1) is 14.0. The van der Waals surface area contributed by atoms with Gasteiger partial charge in [0.05, 0.1) is 32.8 Å². The van der Waals surface area contributed by atoms with E-state index in [-0.39, 0.29) is 11.8 Å². The maximum absolute atomic E-state index is 13.2. The van der Waals surface area contributed by atoms with Gasteiger partial charge in [-0.1, -0.05) is 6.07 Å². The fourth-order valence-electron chi connectivity index (χ4n) is 3.69.